The minimum absolute atomic E-state index is 0.00446. The molecule has 1 N–H and O–H groups in total. The quantitative estimate of drug-likeness (QED) is 0.917. The van der Waals surface area contributed by atoms with E-state index >= 15 is 0 Å². The molecule has 2 unspecified atom stereocenters. The van der Waals surface area contributed by atoms with Gasteiger partial charge in [0.05, 0.1) is 5.92 Å². The number of nitrogens with zero attached hydrogens (tertiary/aromatic N) is 3. The lowest BCUT2D eigenvalue weighted by atomic mass is 10.0. The fourth-order valence-electron chi connectivity index (χ4n) is 2.91. The van der Waals surface area contributed by atoms with E-state index in [0.717, 1.165) is 11.4 Å². The molecule has 1 aromatic carbocycles. The first-order valence-electron chi connectivity index (χ1n) is 7.72. The van der Waals surface area contributed by atoms with Gasteiger partial charge >= 0.3 is 0 Å². The van der Waals surface area contributed by atoms with Gasteiger partial charge in [-0.25, -0.2) is 4.98 Å². The molecule has 1 saturated heterocycles. The Kier molecular flexibility index (Phi) is 4.57. The van der Waals surface area contributed by atoms with Crippen LogP contribution in [-0.2, 0) is 16.6 Å². The van der Waals surface area contributed by atoms with Gasteiger partial charge in [-0.3, -0.25) is 9.59 Å². The summed E-state index contributed by atoms with van der Waals surface area (Å²) < 4.78 is 1.87. The van der Waals surface area contributed by atoms with Crippen LogP contribution in [0.4, 0.5) is 0 Å². The number of aryl methyl sites for hydroxylation is 1. The fourth-order valence-corrected chi connectivity index (χ4v) is 3.03. The van der Waals surface area contributed by atoms with E-state index in [1.165, 1.54) is 0 Å². The van der Waals surface area contributed by atoms with Crippen molar-refractivity contribution in [2.24, 2.45) is 13.0 Å². The molecule has 0 saturated carbocycles. The van der Waals surface area contributed by atoms with Crippen molar-refractivity contribution >= 4 is 23.4 Å². The standard InChI is InChI=1S/C17H19ClN4O2/c1-21-8-7-19-16(21)15(11-3-5-13(18)6-4-11)20-17(24)12-9-14(23)22(2)10-12/h3-8,12,15H,9-10H2,1-2H3,(H,20,24). The van der Waals surface area contributed by atoms with Crippen LogP contribution in [-0.4, -0.2) is 39.9 Å². The van der Waals surface area contributed by atoms with Crippen LogP contribution in [0.25, 0.3) is 0 Å². The van der Waals surface area contributed by atoms with Crippen LogP contribution in [0.2, 0.25) is 5.02 Å². The molecule has 1 fully saturated rings. The fraction of sp³-hybridized carbons (Fsp3) is 0.353. The highest BCUT2D eigenvalue weighted by molar-refractivity contribution is 6.30. The van der Waals surface area contributed by atoms with E-state index in [4.69, 9.17) is 11.6 Å². The van der Waals surface area contributed by atoms with E-state index in [-0.39, 0.29) is 24.2 Å². The Morgan fingerprint density at radius 1 is 1.33 bits per heavy atom. The van der Waals surface area contributed by atoms with Gasteiger partial charge in [0.15, 0.2) is 0 Å². The van der Waals surface area contributed by atoms with Crippen LogP contribution in [0.1, 0.15) is 23.9 Å². The van der Waals surface area contributed by atoms with Crippen LogP contribution in [0.5, 0.6) is 0 Å². The van der Waals surface area contributed by atoms with E-state index in [1.54, 1.807) is 30.3 Å². The number of imidazole rings is 1. The molecule has 3 rings (SSSR count). The maximum atomic E-state index is 12.6. The number of carbonyl (C=O) groups excluding carboxylic acids is 2. The van der Waals surface area contributed by atoms with Crippen molar-refractivity contribution in [1.29, 1.82) is 0 Å². The third-order valence-electron chi connectivity index (χ3n) is 4.32. The Labute approximate surface area is 145 Å². The second-order valence-electron chi connectivity index (χ2n) is 6.06. The molecular formula is C17H19ClN4O2. The molecule has 126 valence electrons. The van der Waals surface area contributed by atoms with Gasteiger partial charge in [0.2, 0.25) is 11.8 Å². The number of hydrogen-bond donors (Lipinski definition) is 1. The van der Waals surface area contributed by atoms with Crippen LogP contribution in [0, 0.1) is 5.92 Å². The predicted molar refractivity (Wildman–Crippen MR) is 90.4 cm³/mol. The number of carbonyl (C=O) groups is 2. The lowest BCUT2D eigenvalue weighted by Gasteiger charge is -2.21. The number of benzene rings is 1. The SMILES string of the molecule is CN1CC(C(=O)NC(c2ccc(Cl)cc2)c2nccn2C)CC1=O. The molecule has 1 aliphatic heterocycles. The number of aromatic nitrogens is 2. The predicted octanol–water partition coefficient (Wildman–Crippen LogP) is 1.76. The summed E-state index contributed by atoms with van der Waals surface area (Å²) in [4.78, 5) is 30.3. The maximum absolute atomic E-state index is 12.6. The third-order valence-corrected chi connectivity index (χ3v) is 4.57. The zero-order chi connectivity index (χ0) is 17.3. The Morgan fingerprint density at radius 2 is 2.04 bits per heavy atom. The zero-order valence-electron chi connectivity index (χ0n) is 13.6. The molecule has 6 nitrogen and oxygen atoms in total. The highest BCUT2D eigenvalue weighted by atomic mass is 35.5. The number of nitrogens with one attached hydrogen (secondary N) is 1. The zero-order valence-corrected chi connectivity index (χ0v) is 14.3. The van der Waals surface area contributed by atoms with Crippen molar-refractivity contribution in [1.82, 2.24) is 19.8 Å². The average Bonchev–Trinajstić information content (AvgIpc) is 3.12. The van der Waals surface area contributed by atoms with Crippen molar-refractivity contribution in [2.75, 3.05) is 13.6 Å². The van der Waals surface area contributed by atoms with Gasteiger partial charge < -0.3 is 14.8 Å². The monoisotopic (exact) mass is 346 g/mol. The summed E-state index contributed by atoms with van der Waals surface area (Å²) in [6, 6.07) is 6.91. The summed E-state index contributed by atoms with van der Waals surface area (Å²) in [6.07, 6.45) is 3.77. The second kappa shape index (κ2) is 6.65. The minimum atomic E-state index is -0.393. The van der Waals surface area contributed by atoms with E-state index in [0.29, 0.717) is 11.6 Å². The van der Waals surface area contributed by atoms with E-state index in [2.05, 4.69) is 10.3 Å². The average molecular weight is 347 g/mol. The van der Waals surface area contributed by atoms with Gasteiger partial charge in [0, 0.05) is 44.5 Å². The largest absolute Gasteiger partial charge is 0.345 e. The van der Waals surface area contributed by atoms with Crippen molar-refractivity contribution < 1.29 is 9.59 Å². The minimum Gasteiger partial charge on any atom is -0.345 e. The summed E-state index contributed by atoms with van der Waals surface area (Å²) in [7, 11) is 3.59. The van der Waals surface area contributed by atoms with Crippen molar-refractivity contribution in [3.8, 4) is 0 Å². The lowest BCUT2D eigenvalue weighted by Crippen LogP contribution is -2.36. The molecule has 0 bridgehead atoms. The number of halogens is 1. The first-order chi connectivity index (χ1) is 11.5. The van der Waals surface area contributed by atoms with Crippen LogP contribution < -0.4 is 5.32 Å². The van der Waals surface area contributed by atoms with Gasteiger partial charge in [-0.05, 0) is 17.7 Å². The summed E-state index contributed by atoms with van der Waals surface area (Å²) >= 11 is 5.96. The normalized spacial score (nSPS) is 18.7. The molecule has 0 spiro atoms. The number of hydrogen-bond acceptors (Lipinski definition) is 3. The lowest BCUT2D eigenvalue weighted by molar-refractivity contribution is -0.128. The first-order valence-corrected chi connectivity index (χ1v) is 8.10. The van der Waals surface area contributed by atoms with E-state index in [9.17, 15) is 9.59 Å². The molecule has 2 amide bonds. The highest BCUT2D eigenvalue weighted by Crippen LogP contribution is 2.24. The Balaban J connectivity index is 1.85. The molecule has 0 aliphatic carbocycles. The topological polar surface area (TPSA) is 67.2 Å². The van der Waals surface area contributed by atoms with Crippen LogP contribution in [0.15, 0.2) is 36.7 Å². The highest BCUT2D eigenvalue weighted by Gasteiger charge is 2.34. The smallest absolute Gasteiger partial charge is 0.226 e. The second-order valence-corrected chi connectivity index (χ2v) is 6.50. The Morgan fingerprint density at radius 3 is 2.58 bits per heavy atom. The molecule has 2 atom stereocenters. The maximum Gasteiger partial charge on any atom is 0.226 e. The van der Waals surface area contributed by atoms with Crippen LogP contribution in [0.3, 0.4) is 0 Å². The molecule has 7 heteroatoms. The Bertz CT molecular complexity index is 756. The van der Waals surface area contributed by atoms with E-state index < -0.39 is 6.04 Å². The van der Waals surface area contributed by atoms with Gasteiger partial charge in [-0.2, -0.15) is 0 Å². The molecule has 1 aliphatic rings. The van der Waals surface area contributed by atoms with Gasteiger partial charge in [0.1, 0.15) is 11.9 Å². The number of amides is 2. The third kappa shape index (κ3) is 3.28. The molecule has 2 heterocycles. The summed E-state index contributed by atoms with van der Waals surface area (Å²) in [5.74, 6) is 0.242. The molecule has 2 aromatic rings. The van der Waals surface area contributed by atoms with Crippen molar-refractivity contribution in [2.45, 2.75) is 12.5 Å². The summed E-state index contributed by atoms with van der Waals surface area (Å²) in [6.45, 7) is 0.443. The van der Waals surface area contributed by atoms with Crippen molar-refractivity contribution in [3.05, 3.63) is 53.1 Å². The molecular weight excluding hydrogens is 328 g/mol. The molecule has 0 radical (unpaired) electrons. The van der Waals surface area contributed by atoms with Crippen LogP contribution >= 0.6 is 11.6 Å². The summed E-state index contributed by atoms with van der Waals surface area (Å²) in [5, 5.41) is 3.67. The number of likely N-dealkylation sites (tertiary alicyclic amines) is 1. The van der Waals surface area contributed by atoms with Crippen molar-refractivity contribution in [3.63, 3.8) is 0 Å². The molecule has 1 aromatic heterocycles. The van der Waals surface area contributed by atoms with E-state index in [1.807, 2.05) is 29.9 Å². The van der Waals surface area contributed by atoms with Gasteiger partial charge in [0.25, 0.3) is 0 Å². The van der Waals surface area contributed by atoms with Gasteiger partial charge in [-0.1, -0.05) is 23.7 Å². The summed E-state index contributed by atoms with van der Waals surface area (Å²) in [5.41, 5.74) is 0.889. The Hall–Kier alpha value is -2.34. The first kappa shape index (κ1) is 16.5. The van der Waals surface area contributed by atoms with Gasteiger partial charge in [-0.15, -0.1) is 0 Å². The number of rotatable bonds is 4. The molecule has 24 heavy (non-hydrogen) atoms.